The summed E-state index contributed by atoms with van der Waals surface area (Å²) in [5.74, 6) is 1.15. The molecule has 0 aliphatic carbocycles. The van der Waals surface area contributed by atoms with E-state index in [0.29, 0.717) is 25.0 Å². The number of Topliss-reactive ketones (excluding diaryl/α,β-unsaturated/α-hetero) is 3. The van der Waals surface area contributed by atoms with Crippen LogP contribution in [0, 0.1) is 5.92 Å². The van der Waals surface area contributed by atoms with E-state index < -0.39 is 0 Å². The van der Waals surface area contributed by atoms with Gasteiger partial charge in [-0.1, -0.05) is 0 Å². The van der Waals surface area contributed by atoms with Crippen LogP contribution in [-0.4, -0.2) is 61.3 Å². The maximum Gasteiger partial charge on any atom is 0.150 e. The van der Waals surface area contributed by atoms with Gasteiger partial charge in [0.15, 0.2) is 0 Å². The van der Waals surface area contributed by atoms with E-state index in [2.05, 4.69) is 10.6 Å². The second-order valence-electron chi connectivity index (χ2n) is 5.88. The van der Waals surface area contributed by atoms with Crippen LogP contribution in [-0.2, 0) is 19.2 Å². The molecular formula is C17H30N2O4S. The van der Waals surface area contributed by atoms with Gasteiger partial charge in [0.25, 0.3) is 0 Å². The Balaban J connectivity index is 4.39. The fraction of sp³-hybridized carbons (Fsp3) is 0.765. The Kier molecular flexibility index (Phi) is 12.7. The Bertz CT molecular complexity index is 429. The van der Waals surface area contributed by atoms with Gasteiger partial charge in [0.05, 0.1) is 12.1 Å². The fourth-order valence-electron chi connectivity index (χ4n) is 2.37. The minimum absolute atomic E-state index is 0.00549. The van der Waals surface area contributed by atoms with Crippen molar-refractivity contribution in [3.8, 4) is 0 Å². The van der Waals surface area contributed by atoms with E-state index in [4.69, 9.17) is 0 Å². The lowest BCUT2D eigenvalue weighted by atomic mass is 9.92. The third-order valence-electron chi connectivity index (χ3n) is 4.07. The highest BCUT2D eigenvalue weighted by atomic mass is 32.2. The molecule has 24 heavy (non-hydrogen) atoms. The molecular weight excluding hydrogens is 328 g/mol. The van der Waals surface area contributed by atoms with E-state index in [-0.39, 0.29) is 41.8 Å². The summed E-state index contributed by atoms with van der Waals surface area (Å²) in [6.07, 6.45) is 2.39. The molecule has 2 N–H and O–H groups in total. The minimum Gasteiger partial charge on any atom is -0.311 e. The predicted octanol–water partition coefficient (Wildman–Crippen LogP) is 1.02. The van der Waals surface area contributed by atoms with E-state index in [1.165, 1.54) is 6.92 Å². The van der Waals surface area contributed by atoms with Gasteiger partial charge >= 0.3 is 0 Å². The number of aldehydes is 1. The zero-order valence-electron chi connectivity index (χ0n) is 15.1. The molecule has 0 rings (SSSR count). The topological polar surface area (TPSA) is 92.3 Å². The average Bonchev–Trinajstić information content (AvgIpc) is 2.53. The Hall–Kier alpha value is -1.05. The van der Waals surface area contributed by atoms with Crippen LogP contribution < -0.4 is 10.6 Å². The molecule has 0 aliphatic rings. The van der Waals surface area contributed by atoms with Gasteiger partial charge in [-0.15, -0.1) is 0 Å². The Morgan fingerprint density at radius 1 is 1.00 bits per heavy atom. The molecule has 0 radical (unpaired) electrons. The molecule has 7 heteroatoms. The van der Waals surface area contributed by atoms with Gasteiger partial charge in [0.1, 0.15) is 23.6 Å². The van der Waals surface area contributed by atoms with Gasteiger partial charge in [-0.25, -0.2) is 0 Å². The number of hydrogen-bond acceptors (Lipinski definition) is 7. The first-order valence-electron chi connectivity index (χ1n) is 8.26. The SMILES string of the molecule is CN[C@@H](CSCC[C@H](CC(=O)[C@H](CCC=O)NC)C(C)=O)C(C)=O. The Morgan fingerprint density at radius 3 is 2.08 bits per heavy atom. The molecule has 0 saturated heterocycles. The summed E-state index contributed by atoms with van der Waals surface area (Å²) in [7, 11) is 3.44. The van der Waals surface area contributed by atoms with Crippen molar-refractivity contribution in [2.24, 2.45) is 5.92 Å². The zero-order chi connectivity index (χ0) is 18.5. The van der Waals surface area contributed by atoms with Crippen molar-refractivity contribution < 1.29 is 19.2 Å². The lowest BCUT2D eigenvalue weighted by Gasteiger charge is -2.18. The maximum absolute atomic E-state index is 12.3. The van der Waals surface area contributed by atoms with Crippen molar-refractivity contribution in [1.29, 1.82) is 0 Å². The molecule has 0 heterocycles. The zero-order valence-corrected chi connectivity index (χ0v) is 15.9. The van der Waals surface area contributed by atoms with Crippen LogP contribution in [0.1, 0.15) is 39.5 Å². The standard InChI is InChI=1S/C17H30N2O4S/c1-12(21)14(7-9-24-11-16(19-4)13(2)22)10-17(23)15(18-3)6-5-8-20/h8,14-16,18-19H,5-7,9-11H2,1-4H3/t14-,15+,16+/m1/s1. The second-order valence-corrected chi connectivity index (χ2v) is 7.03. The molecule has 0 aromatic heterocycles. The predicted molar refractivity (Wildman–Crippen MR) is 97.4 cm³/mol. The fourth-order valence-corrected chi connectivity index (χ4v) is 3.62. The summed E-state index contributed by atoms with van der Waals surface area (Å²) in [5, 5.41) is 5.87. The number of rotatable bonds is 15. The van der Waals surface area contributed by atoms with Crippen LogP contribution in [0.2, 0.25) is 0 Å². The van der Waals surface area contributed by atoms with Crippen molar-refractivity contribution in [3.05, 3.63) is 0 Å². The number of thioether (sulfide) groups is 1. The average molecular weight is 359 g/mol. The van der Waals surface area contributed by atoms with Crippen LogP contribution in [0.5, 0.6) is 0 Å². The van der Waals surface area contributed by atoms with Gasteiger partial charge in [-0.2, -0.15) is 11.8 Å². The molecule has 0 unspecified atom stereocenters. The molecule has 0 bridgehead atoms. The molecule has 3 atom stereocenters. The summed E-state index contributed by atoms with van der Waals surface area (Å²) in [6, 6.07) is -0.555. The highest BCUT2D eigenvalue weighted by Crippen LogP contribution is 2.17. The van der Waals surface area contributed by atoms with Crippen LogP contribution >= 0.6 is 11.8 Å². The van der Waals surface area contributed by atoms with E-state index in [9.17, 15) is 19.2 Å². The number of ketones is 3. The first kappa shape index (κ1) is 22.9. The normalized spacial score (nSPS) is 14.7. The van der Waals surface area contributed by atoms with Gasteiger partial charge < -0.3 is 15.4 Å². The van der Waals surface area contributed by atoms with Crippen LogP contribution in [0.3, 0.4) is 0 Å². The first-order valence-corrected chi connectivity index (χ1v) is 9.42. The molecule has 0 aromatic rings. The van der Waals surface area contributed by atoms with E-state index in [1.807, 2.05) is 0 Å². The lowest BCUT2D eigenvalue weighted by Crippen LogP contribution is -2.36. The van der Waals surface area contributed by atoms with Gasteiger partial charge in [0, 0.05) is 24.5 Å². The summed E-state index contributed by atoms with van der Waals surface area (Å²) in [5.41, 5.74) is 0. The number of nitrogens with one attached hydrogen (secondary N) is 2. The molecule has 0 spiro atoms. The molecule has 138 valence electrons. The monoisotopic (exact) mass is 358 g/mol. The highest BCUT2D eigenvalue weighted by molar-refractivity contribution is 7.99. The Labute approximate surface area is 148 Å². The molecule has 6 nitrogen and oxygen atoms in total. The number of hydrogen-bond donors (Lipinski definition) is 2. The molecule has 0 saturated carbocycles. The first-order chi connectivity index (χ1) is 11.4. The van der Waals surface area contributed by atoms with Crippen molar-refractivity contribution in [2.45, 2.75) is 51.6 Å². The van der Waals surface area contributed by atoms with Crippen LogP contribution in [0.4, 0.5) is 0 Å². The van der Waals surface area contributed by atoms with E-state index in [0.717, 1.165) is 12.0 Å². The summed E-state index contributed by atoms with van der Waals surface area (Å²) in [4.78, 5) is 45.9. The highest BCUT2D eigenvalue weighted by Gasteiger charge is 2.23. The van der Waals surface area contributed by atoms with Gasteiger partial charge in [-0.05, 0) is 46.5 Å². The van der Waals surface area contributed by atoms with Gasteiger partial charge in [-0.3, -0.25) is 14.4 Å². The summed E-state index contributed by atoms with van der Waals surface area (Å²) in [6.45, 7) is 3.06. The number of carbonyl (C=O) groups excluding carboxylic acids is 4. The third-order valence-corrected chi connectivity index (χ3v) is 5.16. The quantitative estimate of drug-likeness (QED) is 0.333. The smallest absolute Gasteiger partial charge is 0.150 e. The molecule has 0 aliphatic heterocycles. The van der Waals surface area contributed by atoms with E-state index >= 15 is 0 Å². The van der Waals surface area contributed by atoms with Crippen molar-refractivity contribution in [3.63, 3.8) is 0 Å². The van der Waals surface area contributed by atoms with E-state index in [1.54, 1.807) is 32.8 Å². The summed E-state index contributed by atoms with van der Waals surface area (Å²) >= 11 is 1.61. The number of carbonyl (C=O) groups is 4. The number of likely N-dealkylation sites (N-methyl/N-ethyl adjacent to an activating group) is 2. The van der Waals surface area contributed by atoms with Crippen molar-refractivity contribution in [2.75, 3.05) is 25.6 Å². The maximum atomic E-state index is 12.3. The second kappa shape index (κ2) is 13.3. The molecule has 0 amide bonds. The summed E-state index contributed by atoms with van der Waals surface area (Å²) < 4.78 is 0. The van der Waals surface area contributed by atoms with Crippen LogP contribution in [0.15, 0.2) is 0 Å². The Morgan fingerprint density at radius 2 is 1.62 bits per heavy atom. The third kappa shape index (κ3) is 9.30. The lowest BCUT2D eigenvalue weighted by molar-refractivity contribution is -0.128. The van der Waals surface area contributed by atoms with Gasteiger partial charge in [0.2, 0.25) is 0 Å². The van der Waals surface area contributed by atoms with Crippen molar-refractivity contribution >= 4 is 35.4 Å². The molecule has 0 aromatic carbocycles. The largest absolute Gasteiger partial charge is 0.311 e. The molecule has 0 fully saturated rings. The minimum atomic E-state index is -0.379. The van der Waals surface area contributed by atoms with Crippen LogP contribution in [0.25, 0.3) is 0 Å². The van der Waals surface area contributed by atoms with Crippen molar-refractivity contribution in [1.82, 2.24) is 10.6 Å².